The Morgan fingerprint density at radius 3 is 2.65 bits per heavy atom. The lowest BCUT2D eigenvalue weighted by molar-refractivity contribution is -0.137. The maximum atomic E-state index is 13.6. The molecule has 7 heteroatoms. The molecule has 0 aliphatic carbocycles. The van der Waals surface area contributed by atoms with E-state index in [4.69, 9.17) is 4.74 Å². The number of halogens is 1. The van der Waals surface area contributed by atoms with Gasteiger partial charge in [-0.2, -0.15) is 5.10 Å². The Bertz CT molecular complexity index is 1290. The number of carboxylic acid groups (broad SMARTS) is 1. The topological polar surface area (TPSA) is 78.5 Å². The summed E-state index contributed by atoms with van der Waals surface area (Å²) < 4.78 is 20.1. The number of aromatic nitrogens is 2. The van der Waals surface area contributed by atoms with Gasteiger partial charge in [0.25, 0.3) is 0 Å². The van der Waals surface area contributed by atoms with E-state index in [0.29, 0.717) is 25.4 Å². The molecule has 6 nitrogen and oxygen atoms in total. The summed E-state index contributed by atoms with van der Waals surface area (Å²) in [6, 6.07) is 11.8. The maximum Gasteiger partial charge on any atom is 0.304 e. The number of aryl methyl sites for hydroxylation is 1. The van der Waals surface area contributed by atoms with E-state index in [-0.39, 0.29) is 18.4 Å². The van der Waals surface area contributed by atoms with E-state index in [9.17, 15) is 14.3 Å². The summed E-state index contributed by atoms with van der Waals surface area (Å²) in [6.07, 6.45) is 0.490. The second kappa shape index (κ2) is 11.8. The molecule has 0 amide bonds. The Kier molecular flexibility index (Phi) is 8.50. The number of rotatable bonds is 10. The van der Waals surface area contributed by atoms with Crippen LogP contribution in [-0.2, 0) is 11.3 Å². The second-order valence-electron chi connectivity index (χ2n) is 10.3. The molecule has 3 atom stereocenters. The van der Waals surface area contributed by atoms with Crippen molar-refractivity contribution in [2.45, 2.75) is 71.7 Å². The Hall–Kier alpha value is -3.37. The van der Waals surface area contributed by atoms with Crippen LogP contribution in [0.2, 0.25) is 0 Å². The number of nitrogens with one attached hydrogen (secondary N) is 1. The Morgan fingerprint density at radius 2 is 2.03 bits per heavy atom. The third kappa shape index (κ3) is 6.50. The highest BCUT2D eigenvalue weighted by molar-refractivity contribution is 5.85. The molecule has 3 aromatic rings. The van der Waals surface area contributed by atoms with Gasteiger partial charge < -0.3 is 9.84 Å². The van der Waals surface area contributed by atoms with Crippen LogP contribution in [0.1, 0.15) is 74.4 Å². The van der Waals surface area contributed by atoms with Crippen molar-refractivity contribution < 1.29 is 19.0 Å². The van der Waals surface area contributed by atoms with Crippen LogP contribution in [0.25, 0.3) is 10.9 Å². The van der Waals surface area contributed by atoms with Gasteiger partial charge in [-0.05, 0) is 61.4 Å². The number of carbonyl (C=O) groups is 1. The predicted octanol–water partition coefficient (Wildman–Crippen LogP) is 6.16. The fourth-order valence-electron chi connectivity index (χ4n) is 5.12. The van der Waals surface area contributed by atoms with Gasteiger partial charge in [0.2, 0.25) is 0 Å². The molecule has 2 N–H and O–H groups in total. The van der Waals surface area contributed by atoms with E-state index in [1.165, 1.54) is 0 Å². The number of aromatic amines is 1. The number of alkyl halides is 1. The van der Waals surface area contributed by atoms with Gasteiger partial charge in [0.05, 0.1) is 23.5 Å². The zero-order valence-electron chi connectivity index (χ0n) is 22.1. The number of fused-ring (bicyclic) bond motifs is 1. The van der Waals surface area contributed by atoms with Crippen LogP contribution >= 0.6 is 0 Å². The van der Waals surface area contributed by atoms with Crippen molar-refractivity contribution in [3.05, 3.63) is 58.8 Å². The quantitative estimate of drug-likeness (QED) is 0.323. The first-order valence-corrected chi connectivity index (χ1v) is 13.0. The van der Waals surface area contributed by atoms with Crippen molar-refractivity contribution in [2.75, 3.05) is 13.1 Å². The van der Waals surface area contributed by atoms with Gasteiger partial charge in [-0.1, -0.05) is 44.0 Å². The minimum absolute atomic E-state index is 0.0337. The number of ether oxygens (including phenoxy) is 1. The SMILES string of the molecule is CC#CC(CC(=O)O)c1ccc(OC(CC(C)C)c2ccc3c(CN4CCC(F)C4)[nH]nc3c2C)cc1. The second-order valence-corrected chi connectivity index (χ2v) is 10.3. The summed E-state index contributed by atoms with van der Waals surface area (Å²) in [5.74, 6) is 5.75. The first-order valence-electron chi connectivity index (χ1n) is 13.0. The van der Waals surface area contributed by atoms with Crippen LogP contribution in [0.3, 0.4) is 0 Å². The van der Waals surface area contributed by atoms with Crippen LogP contribution < -0.4 is 4.74 Å². The lowest BCUT2D eigenvalue weighted by Crippen LogP contribution is -2.20. The average molecular weight is 506 g/mol. The van der Waals surface area contributed by atoms with Gasteiger partial charge in [-0.25, -0.2) is 4.39 Å². The first kappa shape index (κ1) is 26.7. The molecule has 2 aromatic carbocycles. The van der Waals surface area contributed by atoms with Gasteiger partial charge in [0, 0.05) is 25.0 Å². The van der Waals surface area contributed by atoms with Gasteiger partial charge in [0.1, 0.15) is 18.0 Å². The van der Waals surface area contributed by atoms with Crippen molar-refractivity contribution >= 4 is 16.9 Å². The predicted molar refractivity (Wildman–Crippen MR) is 143 cm³/mol. The summed E-state index contributed by atoms with van der Waals surface area (Å²) >= 11 is 0. The zero-order valence-corrected chi connectivity index (χ0v) is 22.1. The van der Waals surface area contributed by atoms with Crippen molar-refractivity contribution in [3.8, 4) is 17.6 Å². The van der Waals surface area contributed by atoms with Crippen molar-refractivity contribution in [2.24, 2.45) is 5.92 Å². The largest absolute Gasteiger partial charge is 0.486 e. The first-order chi connectivity index (χ1) is 17.7. The van der Waals surface area contributed by atoms with Gasteiger partial charge in [-0.3, -0.25) is 14.8 Å². The van der Waals surface area contributed by atoms with E-state index in [0.717, 1.165) is 52.0 Å². The molecule has 0 bridgehead atoms. The van der Waals surface area contributed by atoms with Crippen molar-refractivity contribution in [1.29, 1.82) is 0 Å². The number of H-pyrrole nitrogens is 1. The normalized spacial score (nSPS) is 17.5. The summed E-state index contributed by atoms with van der Waals surface area (Å²) in [5.41, 5.74) is 4.97. The van der Waals surface area contributed by atoms with E-state index >= 15 is 0 Å². The average Bonchev–Trinajstić information content (AvgIpc) is 3.45. The molecule has 0 spiro atoms. The molecule has 2 heterocycles. The monoisotopic (exact) mass is 505 g/mol. The third-order valence-corrected chi connectivity index (χ3v) is 6.99. The van der Waals surface area contributed by atoms with E-state index in [1.54, 1.807) is 6.92 Å². The minimum Gasteiger partial charge on any atom is -0.486 e. The van der Waals surface area contributed by atoms with Gasteiger partial charge in [-0.15, -0.1) is 5.92 Å². The number of likely N-dealkylation sites (tertiary alicyclic amines) is 1. The van der Waals surface area contributed by atoms with Crippen LogP contribution in [0.15, 0.2) is 36.4 Å². The fourth-order valence-corrected chi connectivity index (χ4v) is 5.12. The maximum absolute atomic E-state index is 13.6. The zero-order chi connectivity index (χ0) is 26.5. The van der Waals surface area contributed by atoms with Crippen LogP contribution in [0.5, 0.6) is 5.75 Å². The Morgan fingerprint density at radius 1 is 1.27 bits per heavy atom. The minimum atomic E-state index is -0.871. The number of hydrogen-bond donors (Lipinski definition) is 2. The molecular weight excluding hydrogens is 469 g/mol. The summed E-state index contributed by atoms with van der Waals surface area (Å²) in [5, 5.41) is 18.1. The van der Waals surface area contributed by atoms with Crippen LogP contribution in [-0.4, -0.2) is 45.4 Å². The lowest BCUT2D eigenvalue weighted by atomic mass is 9.94. The number of aliphatic carboxylic acids is 1. The van der Waals surface area contributed by atoms with E-state index in [2.05, 4.69) is 59.8 Å². The molecule has 1 saturated heterocycles. The molecule has 1 aliphatic heterocycles. The molecule has 3 unspecified atom stereocenters. The number of nitrogens with zero attached hydrogens (tertiary/aromatic N) is 2. The highest BCUT2D eigenvalue weighted by atomic mass is 19.1. The standard InChI is InChI=1S/C30H36FN3O3/c1-5-6-22(16-29(35)36)21-7-9-24(10-8-21)37-28(15-19(2)3)25-11-12-26-27(32-33-30(26)20(25)4)18-34-14-13-23(31)17-34/h7-12,19,22-23,28H,13-18H2,1-4H3,(H,32,33)(H,35,36). The van der Waals surface area contributed by atoms with E-state index < -0.39 is 12.1 Å². The third-order valence-electron chi connectivity index (χ3n) is 6.99. The number of benzene rings is 2. The van der Waals surface area contributed by atoms with Crippen molar-refractivity contribution in [3.63, 3.8) is 0 Å². The number of hydrogen-bond acceptors (Lipinski definition) is 4. The molecule has 1 aliphatic rings. The summed E-state index contributed by atoms with van der Waals surface area (Å²) in [6.45, 7) is 10.1. The highest BCUT2D eigenvalue weighted by Gasteiger charge is 2.25. The van der Waals surface area contributed by atoms with Crippen molar-refractivity contribution in [1.82, 2.24) is 15.1 Å². The fraction of sp³-hybridized carbons (Fsp3) is 0.467. The Balaban J connectivity index is 1.57. The molecule has 1 fully saturated rings. The highest BCUT2D eigenvalue weighted by Crippen LogP contribution is 2.34. The Labute approximate surface area is 218 Å². The molecule has 4 rings (SSSR count). The van der Waals surface area contributed by atoms with Crippen LogP contribution in [0, 0.1) is 24.7 Å². The molecule has 0 saturated carbocycles. The molecule has 37 heavy (non-hydrogen) atoms. The van der Waals surface area contributed by atoms with Crippen LogP contribution in [0.4, 0.5) is 4.39 Å². The van der Waals surface area contributed by atoms with E-state index in [1.807, 2.05) is 24.3 Å². The summed E-state index contributed by atoms with van der Waals surface area (Å²) in [7, 11) is 0. The lowest BCUT2D eigenvalue weighted by Gasteiger charge is -2.23. The van der Waals surface area contributed by atoms with Gasteiger partial charge in [0.15, 0.2) is 0 Å². The molecule has 0 radical (unpaired) electrons. The summed E-state index contributed by atoms with van der Waals surface area (Å²) in [4.78, 5) is 13.4. The van der Waals surface area contributed by atoms with Gasteiger partial charge >= 0.3 is 5.97 Å². The molecule has 1 aromatic heterocycles. The molecular formula is C30H36FN3O3. The number of carboxylic acids is 1. The molecule has 196 valence electrons. The smallest absolute Gasteiger partial charge is 0.304 e.